The molecule has 2 amide bonds. The van der Waals surface area contributed by atoms with Gasteiger partial charge in [0.1, 0.15) is 0 Å². The first kappa shape index (κ1) is 18.0. The van der Waals surface area contributed by atoms with Crippen LogP contribution in [0.4, 0.5) is 0 Å². The zero-order valence-corrected chi connectivity index (χ0v) is 15.3. The Morgan fingerprint density at radius 3 is 2.27 bits per heavy atom. The number of hydrogen-bond donors (Lipinski definition) is 0. The number of carbonyl (C=O) groups is 2. The molecule has 2 aromatic carbocycles. The average molecular weight is 353 g/mol. The van der Waals surface area contributed by atoms with E-state index >= 15 is 0 Å². The number of benzene rings is 2. The minimum Gasteiger partial charge on any atom is -0.493 e. The van der Waals surface area contributed by atoms with Gasteiger partial charge in [-0.1, -0.05) is 35.9 Å². The number of likely N-dealkylation sites (tertiary alicyclic amines) is 1. The Morgan fingerprint density at radius 2 is 1.62 bits per heavy atom. The molecule has 0 aliphatic carbocycles. The molecule has 0 aromatic heterocycles. The first-order valence-corrected chi connectivity index (χ1v) is 8.62. The topological polar surface area (TPSA) is 55.8 Å². The van der Waals surface area contributed by atoms with Crippen LogP contribution in [-0.4, -0.2) is 30.9 Å². The molecule has 0 saturated carbocycles. The molecule has 0 bridgehead atoms. The van der Waals surface area contributed by atoms with E-state index in [1.165, 1.54) is 10.5 Å². The Balaban J connectivity index is 1.72. The molecule has 1 aliphatic rings. The molecule has 136 valence electrons. The Hall–Kier alpha value is -2.82. The van der Waals surface area contributed by atoms with Gasteiger partial charge in [-0.05, 0) is 36.6 Å². The predicted octanol–water partition coefficient (Wildman–Crippen LogP) is 3.13. The van der Waals surface area contributed by atoms with Crippen molar-refractivity contribution in [1.82, 2.24) is 4.90 Å². The predicted molar refractivity (Wildman–Crippen MR) is 98.1 cm³/mol. The van der Waals surface area contributed by atoms with Crippen LogP contribution in [0, 0.1) is 12.8 Å². The van der Waals surface area contributed by atoms with E-state index in [2.05, 4.69) is 0 Å². The average Bonchev–Trinajstić information content (AvgIpc) is 2.91. The van der Waals surface area contributed by atoms with E-state index in [9.17, 15) is 9.59 Å². The lowest BCUT2D eigenvalue weighted by atomic mass is 9.97. The van der Waals surface area contributed by atoms with Crippen LogP contribution in [0.1, 0.15) is 23.1 Å². The molecule has 0 N–H and O–H groups in total. The van der Waals surface area contributed by atoms with Crippen molar-refractivity contribution >= 4 is 11.8 Å². The molecule has 1 atom stereocenters. The summed E-state index contributed by atoms with van der Waals surface area (Å²) in [5.41, 5.74) is 3.09. The van der Waals surface area contributed by atoms with Gasteiger partial charge in [0.25, 0.3) is 0 Å². The third-order valence-electron chi connectivity index (χ3n) is 4.73. The van der Waals surface area contributed by atoms with E-state index in [4.69, 9.17) is 9.47 Å². The lowest BCUT2D eigenvalue weighted by Crippen LogP contribution is -2.30. The van der Waals surface area contributed by atoms with Crippen LogP contribution in [0.2, 0.25) is 0 Å². The molecule has 1 fully saturated rings. The van der Waals surface area contributed by atoms with E-state index in [-0.39, 0.29) is 30.7 Å². The van der Waals surface area contributed by atoms with E-state index in [1.54, 1.807) is 26.4 Å². The molecule has 2 aromatic rings. The van der Waals surface area contributed by atoms with Crippen LogP contribution in [0.25, 0.3) is 0 Å². The third kappa shape index (κ3) is 3.72. The standard InChI is InChI=1S/C21H23NO4/c1-14-4-6-15(7-5-14)10-17-12-20(23)22(21(17)24)13-16-8-9-18(25-2)19(11-16)26-3/h4-9,11,17H,10,12-13H2,1-3H3/t17-/m0/s1. The van der Waals surface area contributed by atoms with E-state index in [0.29, 0.717) is 17.9 Å². The lowest BCUT2D eigenvalue weighted by molar-refractivity contribution is -0.140. The molecule has 5 nitrogen and oxygen atoms in total. The van der Waals surface area contributed by atoms with Crippen molar-refractivity contribution < 1.29 is 19.1 Å². The van der Waals surface area contributed by atoms with Crippen molar-refractivity contribution in [2.75, 3.05) is 14.2 Å². The fraction of sp³-hybridized carbons (Fsp3) is 0.333. The largest absolute Gasteiger partial charge is 0.493 e. The minimum atomic E-state index is -0.287. The van der Waals surface area contributed by atoms with Gasteiger partial charge < -0.3 is 9.47 Å². The third-order valence-corrected chi connectivity index (χ3v) is 4.73. The molecule has 1 aliphatic heterocycles. The number of imide groups is 1. The molecule has 1 heterocycles. The van der Waals surface area contributed by atoms with Crippen LogP contribution < -0.4 is 9.47 Å². The highest BCUT2D eigenvalue weighted by Gasteiger charge is 2.38. The Kier molecular flexibility index (Phi) is 5.26. The normalized spacial score (nSPS) is 16.9. The Labute approximate surface area is 153 Å². The minimum absolute atomic E-state index is 0.106. The van der Waals surface area contributed by atoms with Crippen molar-refractivity contribution in [3.05, 3.63) is 59.2 Å². The maximum Gasteiger partial charge on any atom is 0.233 e. The smallest absolute Gasteiger partial charge is 0.233 e. The summed E-state index contributed by atoms with van der Waals surface area (Å²) in [5, 5.41) is 0. The summed E-state index contributed by atoms with van der Waals surface area (Å²) in [5.74, 6) is 0.686. The molecular formula is C21H23NO4. The van der Waals surface area contributed by atoms with Crippen molar-refractivity contribution in [2.45, 2.75) is 26.3 Å². The summed E-state index contributed by atoms with van der Waals surface area (Å²) >= 11 is 0. The van der Waals surface area contributed by atoms with Crippen LogP contribution in [-0.2, 0) is 22.6 Å². The van der Waals surface area contributed by atoms with E-state index in [1.807, 2.05) is 37.3 Å². The summed E-state index contributed by atoms with van der Waals surface area (Å²) in [7, 11) is 3.13. The quantitative estimate of drug-likeness (QED) is 0.749. The number of rotatable bonds is 6. The molecule has 0 spiro atoms. The number of nitrogens with zero attached hydrogens (tertiary/aromatic N) is 1. The monoisotopic (exact) mass is 353 g/mol. The fourth-order valence-corrected chi connectivity index (χ4v) is 3.25. The van der Waals surface area contributed by atoms with Gasteiger partial charge in [-0.25, -0.2) is 0 Å². The number of amides is 2. The second-order valence-corrected chi connectivity index (χ2v) is 6.60. The van der Waals surface area contributed by atoms with Crippen molar-refractivity contribution in [2.24, 2.45) is 5.92 Å². The van der Waals surface area contributed by atoms with Crippen LogP contribution in [0.15, 0.2) is 42.5 Å². The van der Waals surface area contributed by atoms with Crippen molar-refractivity contribution in [1.29, 1.82) is 0 Å². The van der Waals surface area contributed by atoms with Gasteiger partial charge in [0, 0.05) is 6.42 Å². The van der Waals surface area contributed by atoms with Gasteiger partial charge in [0.05, 0.1) is 26.7 Å². The molecule has 5 heteroatoms. The second kappa shape index (κ2) is 7.60. The number of carbonyl (C=O) groups excluding carboxylic acids is 2. The molecule has 0 unspecified atom stereocenters. The molecular weight excluding hydrogens is 330 g/mol. The van der Waals surface area contributed by atoms with Crippen LogP contribution >= 0.6 is 0 Å². The van der Waals surface area contributed by atoms with Gasteiger partial charge in [-0.2, -0.15) is 0 Å². The Bertz CT molecular complexity index is 813. The van der Waals surface area contributed by atoms with Crippen molar-refractivity contribution in [3.8, 4) is 11.5 Å². The first-order chi connectivity index (χ1) is 12.5. The van der Waals surface area contributed by atoms with E-state index in [0.717, 1.165) is 11.1 Å². The maximum atomic E-state index is 12.7. The summed E-state index contributed by atoms with van der Waals surface area (Å²) in [4.78, 5) is 26.4. The fourth-order valence-electron chi connectivity index (χ4n) is 3.25. The van der Waals surface area contributed by atoms with Gasteiger partial charge >= 0.3 is 0 Å². The molecule has 26 heavy (non-hydrogen) atoms. The molecule has 3 rings (SSSR count). The second-order valence-electron chi connectivity index (χ2n) is 6.60. The first-order valence-electron chi connectivity index (χ1n) is 8.62. The SMILES string of the molecule is COc1ccc(CN2C(=O)C[C@H](Cc3ccc(C)cc3)C2=O)cc1OC. The van der Waals surface area contributed by atoms with Gasteiger partial charge in [-0.3, -0.25) is 14.5 Å². The zero-order chi connectivity index (χ0) is 18.7. The number of ether oxygens (including phenoxy) is 2. The number of hydrogen-bond acceptors (Lipinski definition) is 4. The van der Waals surface area contributed by atoms with Gasteiger partial charge in [-0.15, -0.1) is 0 Å². The van der Waals surface area contributed by atoms with Gasteiger partial charge in [0.15, 0.2) is 11.5 Å². The highest BCUT2D eigenvalue weighted by molar-refractivity contribution is 6.03. The maximum absolute atomic E-state index is 12.7. The summed E-state index contributed by atoms with van der Waals surface area (Å²) < 4.78 is 10.5. The zero-order valence-electron chi connectivity index (χ0n) is 15.3. The van der Waals surface area contributed by atoms with Crippen LogP contribution in [0.5, 0.6) is 11.5 Å². The van der Waals surface area contributed by atoms with E-state index < -0.39 is 0 Å². The molecule has 1 saturated heterocycles. The lowest BCUT2D eigenvalue weighted by Gasteiger charge is -2.16. The number of aryl methyl sites for hydroxylation is 1. The number of methoxy groups -OCH3 is 2. The summed E-state index contributed by atoms with van der Waals surface area (Å²) in [6.45, 7) is 2.28. The summed E-state index contributed by atoms with van der Waals surface area (Å²) in [6, 6.07) is 13.5. The van der Waals surface area contributed by atoms with Crippen molar-refractivity contribution in [3.63, 3.8) is 0 Å². The highest BCUT2D eigenvalue weighted by atomic mass is 16.5. The highest BCUT2D eigenvalue weighted by Crippen LogP contribution is 2.30. The van der Waals surface area contributed by atoms with Gasteiger partial charge in [0.2, 0.25) is 11.8 Å². The van der Waals surface area contributed by atoms with Crippen LogP contribution in [0.3, 0.4) is 0 Å². The molecule has 0 radical (unpaired) electrons. The Morgan fingerprint density at radius 1 is 0.962 bits per heavy atom. The summed E-state index contributed by atoms with van der Waals surface area (Å²) in [6.07, 6.45) is 0.854.